The first kappa shape index (κ1) is 9.66. The van der Waals surface area contributed by atoms with Crippen LogP contribution in [-0.2, 0) is 7.05 Å². The van der Waals surface area contributed by atoms with E-state index in [1.807, 2.05) is 6.20 Å². The minimum atomic E-state index is 0.309. The van der Waals surface area contributed by atoms with E-state index < -0.39 is 0 Å². The van der Waals surface area contributed by atoms with Gasteiger partial charge in [-0.2, -0.15) is 0 Å². The quantitative estimate of drug-likeness (QED) is 0.776. The van der Waals surface area contributed by atoms with E-state index in [1.54, 1.807) is 0 Å². The molecule has 1 aliphatic heterocycles. The molecule has 2 aromatic heterocycles. The molecule has 3 rings (SSSR count). The van der Waals surface area contributed by atoms with Crippen molar-refractivity contribution in [2.75, 3.05) is 18.0 Å². The fourth-order valence-electron chi connectivity index (χ4n) is 2.46. The molecule has 1 aliphatic rings. The van der Waals surface area contributed by atoms with E-state index >= 15 is 0 Å². The molecule has 0 aromatic carbocycles. The second kappa shape index (κ2) is 3.49. The first-order valence-electron chi connectivity index (χ1n) is 5.66. The van der Waals surface area contributed by atoms with Crippen molar-refractivity contribution in [3.63, 3.8) is 0 Å². The highest BCUT2D eigenvalue weighted by atomic mass is 15.2. The molecule has 2 aromatic rings. The Bertz CT molecular complexity index is 517. The van der Waals surface area contributed by atoms with Crippen molar-refractivity contribution >= 4 is 16.7 Å². The van der Waals surface area contributed by atoms with E-state index in [1.165, 1.54) is 11.2 Å². The van der Waals surface area contributed by atoms with E-state index in [2.05, 4.69) is 39.8 Å². The van der Waals surface area contributed by atoms with Crippen LogP contribution >= 0.6 is 0 Å². The molecule has 84 valence electrons. The van der Waals surface area contributed by atoms with Crippen molar-refractivity contribution < 1.29 is 0 Å². The van der Waals surface area contributed by atoms with Crippen molar-refractivity contribution in [2.24, 2.45) is 12.8 Å². The maximum atomic E-state index is 5.96. The summed E-state index contributed by atoms with van der Waals surface area (Å²) in [5.74, 6) is 0. The summed E-state index contributed by atoms with van der Waals surface area (Å²) in [6.45, 7) is 2.00. The third-order valence-electron chi connectivity index (χ3n) is 3.31. The lowest BCUT2D eigenvalue weighted by atomic mass is 10.3. The number of nitrogens with two attached hydrogens (primary N) is 1. The zero-order chi connectivity index (χ0) is 11.1. The molecule has 4 nitrogen and oxygen atoms in total. The van der Waals surface area contributed by atoms with E-state index in [-0.39, 0.29) is 0 Å². The molecule has 4 heteroatoms. The molecule has 1 atom stereocenters. The first-order valence-corrected chi connectivity index (χ1v) is 5.66. The average Bonchev–Trinajstić information content (AvgIpc) is 2.86. The normalized spacial score (nSPS) is 20.9. The maximum absolute atomic E-state index is 5.96. The van der Waals surface area contributed by atoms with Crippen molar-refractivity contribution in [1.29, 1.82) is 0 Å². The molecular formula is C12H16N4. The molecule has 0 amide bonds. The van der Waals surface area contributed by atoms with Gasteiger partial charge in [-0.25, -0.2) is 0 Å². The van der Waals surface area contributed by atoms with Crippen molar-refractivity contribution in [3.8, 4) is 0 Å². The van der Waals surface area contributed by atoms with Crippen LogP contribution in [0.1, 0.15) is 6.42 Å². The van der Waals surface area contributed by atoms with Gasteiger partial charge in [0.25, 0.3) is 0 Å². The van der Waals surface area contributed by atoms with Crippen LogP contribution in [-0.4, -0.2) is 28.7 Å². The molecule has 1 saturated heterocycles. The van der Waals surface area contributed by atoms with Crippen LogP contribution in [0.2, 0.25) is 0 Å². The van der Waals surface area contributed by atoms with Gasteiger partial charge in [0.15, 0.2) is 0 Å². The van der Waals surface area contributed by atoms with Gasteiger partial charge in [-0.3, -0.25) is 4.98 Å². The average molecular weight is 216 g/mol. The summed E-state index contributed by atoms with van der Waals surface area (Å²) in [5, 5.41) is 0. The van der Waals surface area contributed by atoms with Gasteiger partial charge in [0.2, 0.25) is 0 Å². The minimum absolute atomic E-state index is 0.309. The monoisotopic (exact) mass is 216 g/mol. The number of aromatic nitrogens is 2. The Morgan fingerprint density at radius 2 is 2.31 bits per heavy atom. The van der Waals surface area contributed by atoms with Crippen LogP contribution in [0, 0.1) is 0 Å². The fraction of sp³-hybridized carbons (Fsp3) is 0.417. The van der Waals surface area contributed by atoms with Gasteiger partial charge in [0.05, 0.1) is 16.7 Å². The summed E-state index contributed by atoms with van der Waals surface area (Å²) < 4.78 is 2.13. The number of fused-ring (bicyclic) bond motifs is 1. The van der Waals surface area contributed by atoms with Gasteiger partial charge >= 0.3 is 0 Å². The Kier molecular flexibility index (Phi) is 2.11. The molecule has 3 heterocycles. The molecule has 0 aliphatic carbocycles. The molecule has 1 fully saturated rings. The predicted octanol–water partition coefficient (Wildman–Crippen LogP) is 1.11. The lowest BCUT2D eigenvalue weighted by molar-refractivity contribution is 0.752. The van der Waals surface area contributed by atoms with Crippen LogP contribution in [0.15, 0.2) is 24.5 Å². The minimum Gasteiger partial charge on any atom is -0.368 e. The van der Waals surface area contributed by atoms with Crippen LogP contribution < -0.4 is 10.6 Å². The predicted molar refractivity (Wildman–Crippen MR) is 65.5 cm³/mol. The van der Waals surface area contributed by atoms with Gasteiger partial charge in [-0.05, 0) is 18.6 Å². The molecule has 2 N–H and O–H groups in total. The van der Waals surface area contributed by atoms with E-state index in [0.717, 1.165) is 25.0 Å². The standard InChI is InChI=1S/C12H16N4/c1-15-6-4-10-12(15)11(2-5-14-10)16-7-3-9(13)8-16/h2,4-6,9H,3,7-8,13H2,1H3. The van der Waals surface area contributed by atoms with Crippen LogP contribution in [0.3, 0.4) is 0 Å². The van der Waals surface area contributed by atoms with Crippen molar-refractivity contribution in [3.05, 3.63) is 24.5 Å². The second-order valence-corrected chi connectivity index (χ2v) is 4.49. The smallest absolute Gasteiger partial charge is 0.0903 e. The molecule has 16 heavy (non-hydrogen) atoms. The lowest BCUT2D eigenvalue weighted by Gasteiger charge is -2.19. The maximum Gasteiger partial charge on any atom is 0.0903 e. The van der Waals surface area contributed by atoms with Gasteiger partial charge in [-0.1, -0.05) is 0 Å². The Morgan fingerprint density at radius 3 is 3.06 bits per heavy atom. The van der Waals surface area contributed by atoms with Gasteiger partial charge in [0, 0.05) is 38.6 Å². The summed E-state index contributed by atoms with van der Waals surface area (Å²) in [7, 11) is 2.06. The van der Waals surface area contributed by atoms with Gasteiger partial charge < -0.3 is 15.2 Å². The fourth-order valence-corrected chi connectivity index (χ4v) is 2.46. The summed E-state index contributed by atoms with van der Waals surface area (Å²) >= 11 is 0. The van der Waals surface area contributed by atoms with Crippen LogP contribution in [0.4, 0.5) is 5.69 Å². The van der Waals surface area contributed by atoms with Gasteiger partial charge in [-0.15, -0.1) is 0 Å². The summed E-state index contributed by atoms with van der Waals surface area (Å²) in [4.78, 5) is 6.73. The third-order valence-corrected chi connectivity index (χ3v) is 3.31. The number of anilines is 1. The Morgan fingerprint density at radius 1 is 1.44 bits per heavy atom. The molecule has 1 unspecified atom stereocenters. The highest BCUT2D eigenvalue weighted by molar-refractivity contribution is 5.89. The van der Waals surface area contributed by atoms with E-state index in [4.69, 9.17) is 5.73 Å². The summed E-state index contributed by atoms with van der Waals surface area (Å²) in [6, 6.07) is 4.44. The van der Waals surface area contributed by atoms with E-state index in [0.29, 0.717) is 6.04 Å². The zero-order valence-electron chi connectivity index (χ0n) is 9.43. The Labute approximate surface area is 94.7 Å². The van der Waals surface area contributed by atoms with E-state index in [9.17, 15) is 0 Å². The highest BCUT2D eigenvalue weighted by Gasteiger charge is 2.21. The molecule has 0 radical (unpaired) electrons. The van der Waals surface area contributed by atoms with Crippen molar-refractivity contribution in [2.45, 2.75) is 12.5 Å². The lowest BCUT2D eigenvalue weighted by Crippen LogP contribution is -2.26. The Hall–Kier alpha value is -1.55. The van der Waals surface area contributed by atoms with Crippen LogP contribution in [0.25, 0.3) is 11.0 Å². The second-order valence-electron chi connectivity index (χ2n) is 4.49. The summed E-state index contributed by atoms with van der Waals surface area (Å²) in [6.07, 6.45) is 5.01. The number of hydrogen-bond acceptors (Lipinski definition) is 3. The van der Waals surface area contributed by atoms with Crippen LogP contribution in [0.5, 0.6) is 0 Å². The van der Waals surface area contributed by atoms with Gasteiger partial charge in [0.1, 0.15) is 0 Å². The number of pyridine rings is 1. The molecule has 0 bridgehead atoms. The highest BCUT2D eigenvalue weighted by Crippen LogP contribution is 2.27. The molecular weight excluding hydrogens is 200 g/mol. The topological polar surface area (TPSA) is 47.1 Å². The number of nitrogens with zero attached hydrogens (tertiary/aromatic N) is 3. The molecule has 0 spiro atoms. The first-order chi connectivity index (χ1) is 7.75. The largest absolute Gasteiger partial charge is 0.368 e. The van der Waals surface area contributed by atoms with Crippen molar-refractivity contribution in [1.82, 2.24) is 9.55 Å². The zero-order valence-corrected chi connectivity index (χ0v) is 9.43. The number of hydrogen-bond donors (Lipinski definition) is 1. The SMILES string of the molecule is Cn1ccc2nccc(N3CCC(N)C3)c21. The number of rotatable bonds is 1. The summed E-state index contributed by atoms with van der Waals surface area (Å²) in [5.41, 5.74) is 9.47. The molecule has 0 saturated carbocycles. The number of aryl methyl sites for hydroxylation is 1. The Balaban J connectivity index is 2.12. The third kappa shape index (κ3) is 1.38.